The summed E-state index contributed by atoms with van der Waals surface area (Å²) >= 11 is 0. The molecule has 1 aliphatic rings. The standard InChI is InChI=1S/C18H27N5O2/c1-4-23-16(5-8-20-23)18(24)21-9-6-15(7-10-21)12-22-14(2)11-19-17(22)13-25-3/h5,8,11,15H,4,6-7,9-10,12-13H2,1-3H3. The van der Waals surface area contributed by atoms with Gasteiger partial charge in [-0.1, -0.05) is 0 Å². The van der Waals surface area contributed by atoms with E-state index in [1.54, 1.807) is 18.0 Å². The summed E-state index contributed by atoms with van der Waals surface area (Å²) in [6.07, 6.45) is 5.62. The van der Waals surface area contributed by atoms with Gasteiger partial charge in [0.05, 0.1) is 0 Å². The molecule has 3 rings (SSSR count). The lowest BCUT2D eigenvalue weighted by Crippen LogP contribution is -2.40. The molecule has 1 fully saturated rings. The molecule has 7 heteroatoms. The number of methoxy groups -OCH3 is 1. The zero-order chi connectivity index (χ0) is 17.8. The molecular formula is C18H27N5O2. The van der Waals surface area contributed by atoms with Gasteiger partial charge in [0.1, 0.15) is 18.1 Å². The second-order valence-corrected chi connectivity index (χ2v) is 6.63. The summed E-state index contributed by atoms with van der Waals surface area (Å²) in [7, 11) is 1.69. The van der Waals surface area contributed by atoms with Crippen LogP contribution in [0.4, 0.5) is 0 Å². The smallest absolute Gasteiger partial charge is 0.272 e. The van der Waals surface area contributed by atoms with Crippen LogP contribution in [-0.4, -0.2) is 50.3 Å². The highest BCUT2D eigenvalue weighted by Crippen LogP contribution is 2.22. The number of imidazole rings is 1. The van der Waals surface area contributed by atoms with Gasteiger partial charge in [0.25, 0.3) is 5.91 Å². The van der Waals surface area contributed by atoms with Crippen molar-refractivity contribution < 1.29 is 9.53 Å². The van der Waals surface area contributed by atoms with Gasteiger partial charge in [-0.3, -0.25) is 9.48 Å². The zero-order valence-corrected chi connectivity index (χ0v) is 15.3. The predicted molar refractivity (Wildman–Crippen MR) is 94.2 cm³/mol. The van der Waals surface area contributed by atoms with Crippen LogP contribution in [0, 0.1) is 12.8 Å². The first kappa shape index (κ1) is 17.7. The van der Waals surface area contributed by atoms with E-state index in [0.717, 1.165) is 44.0 Å². The average molecular weight is 345 g/mol. The number of piperidine rings is 1. The highest BCUT2D eigenvalue weighted by Gasteiger charge is 2.26. The summed E-state index contributed by atoms with van der Waals surface area (Å²) in [5.41, 5.74) is 1.85. The van der Waals surface area contributed by atoms with Crippen LogP contribution in [0.3, 0.4) is 0 Å². The van der Waals surface area contributed by atoms with E-state index >= 15 is 0 Å². The minimum Gasteiger partial charge on any atom is -0.377 e. The second kappa shape index (κ2) is 7.82. The Morgan fingerprint density at radius 2 is 2.12 bits per heavy atom. The third-order valence-corrected chi connectivity index (χ3v) is 4.99. The Hall–Kier alpha value is -2.15. The Morgan fingerprint density at radius 3 is 2.80 bits per heavy atom. The molecule has 25 heavy (non-hydrogen) atoms. The van der Waals surface area contributed by atoms with Crippen LogP contribution in [0.1, 0.15) is 41.8 Å². The number of rotatable bonds is 6. The van der Waals surface area contributed by atoms with Crippen molar-refractivity contribution in [2.45, 2.75) is 46.4 Å². The van der Waals surface area contributed by atoms with E-state index in [1.165, 1.54) is 0 Å². The van der Waals surface area contributed by atoms with E-state index in [9.17, 15) is 4.79 Å². The van der Waals surface area contributed by atoms with E-state index in [4.69, 9.17) is 4.74 Å². The van der Waals surface area contributed by atoms with Gasteiger partial charge < -0.3 is 14.2 Å². The molecule has 1 aliphatic heterocycles. The molecule has 0 aromatic carbocycles. The lowest BCUT2D eigenvalue weighted by atomic mass is 9.96. The topological polar surface area (TPSA) is 65.2 Å². The first-order valence-corrected chi connectivity index (χ1v) is 8.95. The molecule has 136 valence electrons. The second-order valence-electron chi connectivity index (χ2n) is 6.63. The van der Waals surface area contributed by atoms with Gasteiger partial charge in [-0.2, -0.15) is 5.10 Å². The number of nitrogens with zero attached hydrogens (tertiary/aromatic N) is 5. The number of carbonyl (C=O) groups is 1. The molecule has 3 heterocycles. The van der Waals surface area contributed by atoms with Crippen molar-refractivity contribution in [1.29, 1.82) is 0 Å². The molecule has 2 aromatic rings. The number of aromatic nitrogens is 4. The minimum atomic E-state index is 0.0942. The van der Waals surface area contributed by atoms with Crippen molar-refractivity contribution in [1.82, 2.24) is 24.2 Å². The molecule has 0 bridgehead atoms. The van der Waals surface area contributed by atoms with E-state index in [1.807, 2.05) is 24.1 Å². The van der Waals surface area contributed by atoms with Gasteiger partial charge in [-0.15, -0.1) is 0 Å². The Balaban J connectivity index is 1.59. The molecule has 0 atom stereocenters. The zero-order valence-electron chi connectivity index (χ0n) is 15.3. The fraction of sp³-hybridized carbons (Fsp3) is 0.611. The summed E-state index contributed by atoms with van der Waals surface area (Å²) < 4.78 is 9.25. The van der Waals surface area contributed by atoms with Crippen molar-refractivity contribution in [2.75, 3.05) is 20.2 Å². The quantitative estimate of drug-likeness (QED) is 0.804. The maximum absolute atomic E-state index is 12.7. The first-order valence-electron chi connectivity index (χ1n) is 8.95. The van der Waals surface area contributed by atoms with Crippen LogP contribution in [0.2, 0.25) is 0 Å². The van der Waals surface area contributed by atoms with Gasteiger partial charge in [-0.05, 0) is 38.7 Å². The molecule has 0 N–H and O–H groups in total. The third kappa shape index (κ3) is 3.76. The first-order chi connectivity index (χ1) is 12.1. The molecule has 0 radical (unpaired) electrons. The van der Waals surface area contributed by atoms with Crippen molar-refractivity contribution in [3.05, 3.63) is 35.7 Å². The number of amides is 1. The van der Waals surface area contributed by atoms with Crippen LogP contribution >= 0.6 is 0 Å². The van der Waals surface area contributed by atoms with Gasteiger partial charge in [0, 0.05) is 51.4 Å². The molecule has 0 spiro atoms. The lowest BCUT2D eigenvalue weighted by molar-refractivity contribution is 0.0668. The van der Waals surface area contributed by atoms with Crippen LogP contribution in [0.5, 0.6) is 0 Å². The van der Waals surface area contributed by atoms with Crippen molar-refractivity contribution >= 4 is 5.91 Å². The Labute approximate surface area is 148 Å². The minimum absolute atomic E-state index is 0.0942. The van der Waals surface area contributed by atoms with Crippen molar-refractivity contribution in [2.24, 2.45) is 5.92 Å². The number of aryl methyl sites for hydroxylation is 2. The Morgan fingerprint density at radius 1 is 1.36 bits per heavy atom. The Bertz CT molecular complexity index is 713. The summed E-state index contributed by atoms with van der Waals surface area (Å²) in [5, 5.41) is 4.20. The van der Waals surface area contributed by atoms with Crippen molar-refractivity contribution in [3.8, 4) is 0 Å². The molecule has 2 aromatic heterocycles. The fourth-order valence-corrected chi connectivity index (χ4v) is 3.51. The monoisotopic (exact) mass is 345 g/mol. The molecule has 0 unspecified atom stereocenters. The van der Waals surface area contributed by atoms with Crippen LogP contribution < -0.4 is 0 Å². The van der Waals surface area contributed by atoms with Crippen LogP contribution in [0.25, 0.3) is 0 Å². The van der Waals surface area contributed by atoms with Crippen LogP contribution in [-0.2, 0) is 24.4 Å². The molecular weight excluding hydrogens is 318 g/mol. The largest absolute Gasteiger partial charge is 0.377 e. The van der Waals surface area contributed by atoms with Gasteiger partial charge in [0.2, 0.25) is 0 Å². The molecule has 1 saturated heterocycles. The summed E-state index contributed by atoms with van der Waals surface area (Å²) in [5.74, 6) is 1.63. The molecule has 0 aliphatic carbocycles. The SMILES string of the molecule is CCn1nccc1C(=O)N1CCC(Cn2c(C)cnc2COC)CC1. The predicted octanol–water partition coefficient (Wildman–Crippen LogP) is 2.11. The van der Waals surface area contributed by atoms with Gasteiger partial charge in [0.15, 0.2) is 0 Å². The fourth-order valence-electron chi connectivity index (χ4n) is 3.51. The van der Waals surface area contributed by atoms with Gasteiger partial charge in [-0.25, -0.2) is 4.98 Å². The molecule has 7 nitrogen and oxygen atoms in total. The van der Waals surface area contributed by atoms with Crippen molar-refractivity contribution in [3.63, 3.8) is 0 Å². The van der Waals surface area contributed by atoms with Crippen LogP contribution in [0.15, 0.2) is 18.5 Å². The number of hydrogen-bond donors (Lipinski definition) is 0. The summed E-state index contributed by atoms with van der Waals surface area (Å²) in [6, 6.07) is 1.81. The lowest BCUT2D eigenvalue weighted by Gasteiger charge is -2.32. The highest BCUT2D eigenvalue weighted by atomic mass is 16.5. The summed E-state index contributed by atoms with van der Waals surface area (Å²) in [6.45, 7) is 7.87. The number of ether oxygens (including phenoxy) is 1. The van der Waals surface area contributed by atoms with E-state index < -0.39 is 0 Å². The number of carbonyl (C=O) groups excluding carboxylic acids is 1. The number of hydrogen-bond acceptors (Lipinski definition) is 4. The molecule has 1 amide bonds. The third-order valence-electron chi connectivity index (χ3n) is 4.99. The normalized spacial score (nSPS) is 15.7. The molecule has 0 saturated carbocycles. The van der Waals surface area contributed by atoms with E-state index in [-0.39, 0.29) is 5.91 Å². The Kier molecular flexibility index (Phi) is 5.53. The van der Waals surface area contributed by atoms with Gasteiger partial charge >= 0.3 is 0 Å². The highest BCUT2D eigenvalue weighted by molar-refractivity contribution is 5.92. The maximum atomic E-state index is 12.7. The summed E-state index contributed by atoms with van der Waals surface area (Å²) in [4.78, 5) is 19.1. The maximum Gasteiger partial charge on any atom is 0.272 e. The van der Waals surface area contributed by atoms with E-state index in [2.05, 4.69) is 21.6 Å². The number of likely N-dealkylation sites (tertiary alicyclic amines) is 1. The average Bonchev–Trinajstić information content (AvgIpc) is 3.24. The van der Waals surface area contributed by atoms with E-state index in [0.29, 0.717) is 24.8 Å².